The summed E-state index contributed by atoms with van der Waals surface area (Å²) in [6.45, 7) is 12.1. The van der Waals surface area contributed by atoms with Crippen molar-refractivity contribution in [3.63, 3.8) is 0 Å². The number of aliphatic hydroxyl groups is 1. The van der Waals surface area contributed by atoms with Gasteiger partial charge in [0.15, 0.2) is 0 Å². The number of carbonyl (C=O) groups is 1. The van der Waals surface area contributed by atoms with Gasteiger partial charge >= 0.3 is 0 Å². The number of rotatable bonds is 12. The van der Waals surface area contributed by atoms with Crippen molar-refractivity contribution in [3.05, 3.63) is 58.7 Å². The molecule has 0 aromatic heterocycles. The molecule has 9 heteroatoms. The summed E-state index contributed by atoms with van der Waals surface area (Å²) < 4.78 is 0. The third-order valence-electron chi connectivity index (χ3n) is 7.10. The first-order valence-corrected chi connectivity index (χ1v) is 13.0. The number of hydrazine groups is 2. The number of anilines is 2. The molecule has 0 bridgehead atoms. The van der Waals surface area contributed by atoms with Crippen LogP contribution in [0.5, 0.6) is 0 Å². The second-order valence-electron chi connectivity index (χ2n) is 9.58. The fourth-order valence-corrected chi connectivity index (χ4v) is 4.99. The number of aryl methyl sites for hydroxylation is 1. The van der Waals surface area contributed by atoms with Gasteiger partial charge in [0.2, 0.25) is 5.91 Å². The van der Waals surface area contributed by atoms with Crippen LogP contribution >= 0.6 is 0 Å². The van der Waals surface area contributed by atoms with E-state index in [9.17, 15) is 9.90 Å². The Kier molecular flexibility index (Phi) is 8.81. The summed E-state index contributed by atoms with van der Waals surface area (Å²) in [5.74, 6) is -0.0514. The molecule has 2 aromatic carbocycles. The standard InChI is InChI=1S/C27H41N7O2/c1-5-28-11-12-29-26(35)18-32(24-14-23-15-30-34(6-2)25(23)13-20(24)3)19-27(36)31(4)33-16-21-9-7-8-10-22(21)17-33/h7-10,13-14,27-28,30,36H,5-6,11-12,15-19H2,1-4H3,(H,29,35). The fourth-order valence-electron chi connectivity index (χ4n) is 4.99. The Morgan fingerprint density at radius 2 is 1.86 bits per heavy atom. The summed E-state index contributed by atoms with van der Waals surface area (Å²) in [6, 6.07) is 12.7. The Hall–Kier alpha value is -2.69. The first-order valence-electron chi connectivity index (χ1n) is 13.0. The van der Waals surface area contributed by atoms with E-state index in [1.807, 2.05) is 23.9 Å². The topological polar surface area (TPSA) is 86.3 Å². The predicted octanol–water partition coefficient (Wildman–Crippen LogP) is 1.55. The second kappa shape index (κ2) is 12.0. The van der Waals surface area contributed by atoms with Crippen molar-refractivity contribution in [1.29, 1.82) is 0 Å². The molecule has 4 rings (SSSR count). The molecule has 1 atom stereocenters. The van der Waals surface area contributed by atoms with Gasteiger partial charge in [0.25, 0.3) is 0 Å². The molecule has 2 aliphatic rings. The van der Waals surface area contributed by atoms with Crippen molar-refractivity contribution in [2.45, 2.75) is 46.6 Å². The molecule has 1 amide bonds. The summed E-state index contributed by atoms with van der Waals surface area (Å²) in [4.78, 5) is 14.9. The molecule has 2 aromatic rings. The van der Waals surface area contributed by atoms with E-state index >= 15 is 0 Å². The molecule has 0 aliphatic carbocycles. The van der Waals surface area contributed by atoms with Crippen LogP contribution < -0.4 is 26.0 Å². The number of fused-ring (bicyclic) bond motifs is 2. The molecule has 2 heterocycles. The minimum absolute atomic E-state index is 0.0514. The minimum Gasteiger partial charge on any atom is -0.375 e. The van der Waals surface area contributed by atoms with Gasteiger partial charge < -0.3 is 25.6 Å². The van der Waals surface area contributed by atoms with Gasteiger partial charge in [-0.05, 0) is 54.8 Å². The molecule has 36 heavy (non-hydrogen) atoms. The fraction of sp³-hybridized carbons (Fsp3) is 0.519. The lowest BCUT2D eigenvalue weighted by molar-refractivity contribution is -0.124. The summed E-state index contributed by atoms with van der Waals surface area (Å²) in [7, 11) is 1.92. The molecule has 9 nitrogen and oxygen atoms in total. The number of hydrogen-bond donors (Lipinski definition) is 4. The van der Waals surface area contributed by atoms with Crippen molar-refractivity contribution in [2.75, 3.05) is 56.2 Å². The highest BCUT2D eigenvalue weighted by atomic mass is 16.3. The maximum Gasteiger partial charge on any atom is 0.239 e. The van der Waals surface area contributed by atoms with Crippen molar-refractivity contribution < 1.29 is 9.90 Å². The van der Waals surface area contributed by atoms with E-state index in [4.69, 9.17) is 0 Å². The SMILES string of the molecule is CCNCCNC(=O)CN(CC(O)N(C)N1Cc2ccccc2C1)c1cc2c(cc1C)N(CC)NC2. The first-order chi connectivity index (χ1) is 17.4. The Bertz CT molecular complexity index is 1020. The molecule has 0 spiro atoms. The zero-order valence-electron chi connectivity index (χ0n) is 22.0. The molecule has 2 aliphatic heterocycles. The summed E-state index contributed by atoms with van der Waals surface area (Å²) in [5, 5.41) is 23.7. The molecule has 0 saturated carbocycles. The Labute approximate surface area is 215 Å². The summed E-state index contributed by atoms with van der Waals surface area (Å²) >= 11 is 0. The van der Waals surface area contributed by atoms with E-state index in [0.717, 1.165) is 50.5 Å². The van der Waals surface area contributed by atoms with Crippen LogP contribution in [-0.4, -0.2) is 73.6 Å². The average molecular weight is 496 g/mol. The van der Waals surface area contributed by atoms with Crippen LogP contribution in [0.3, 0.4) is 0 Å². The van der Waals surface area contributed by atoms with E-state index in [-0.39, 0.29) is 12.5 Å². The lowest BCUT2D eigenvalue weighted by atomic mass is 10.1. The van der Waals surface area contributed by atoms with Crippen LogP contribution in [0.15, 0.2) is 36.4 Å². The minimum atomic E-state index is -0.771. The van der Waals surface area contributed by atoms with Crippen molar-refractivity contribution in [2.24, 2.45) is 0 Å². The van der Waals surface area contributed by atoms with E-state index in [1.54, 1.807) is 0 Å². The molecular weight excluding hydrogens is 454 g/mol. The van der Waals surface area contributed by atoms with Gasteiger partial charge in [0.1, 0.15) is 6.23 Å². The largest absolute Gasteiger partial charge is 0.375 e. The van der Waals surface area contributed by atoms with Crippen LogP contribution in [0.2, 0.25) is 0 Å². The average Bonchev–Trinajstić information content (AvgIpc) is 3.48. The highest BCUT2D eigenvalue weighted by Gasteiger charge is 2.28. The number of likely N-dealkylation sites (N-methyl/N-ethyl adjacent to an activating group) is 2. The number of amides is 1. The quantitative estimate of drug-likeness (QED) is 0.261. The zero-order chi connectivity index (χ0) is 25.7. The Morgan fingerprint density at radius 1 is 1.14 bits per heavy atom. The van der Waals surface area contributed by atoms with Crippen LogP contribution in [0.1, 0.15) is 36.1 Å². The molecule has 196 valence electrons. The second-order valence-corrected chi connectivity index (χ2v) is 9.58. The normalized spacial score (nSPS) is 15.8. The summed E-state index contributed by atoms with van der Waals surface area (Å²) in [5.41, 5.74) is 10.4. The maximum absolute atomic E-state index is 12.9. The number of benzene rings is 2. The number of aliphatic hydroxyl groups excluding tert-OH is 1. The lowest BCUT2D eigenvalue weighted by Crippen LogP contribution is -2.51. The molecule has 0 fully saturated rings. The van der Waals surface area contributed by atoms with Crippen molar-refractivity contribution >= 4 is 17.3 Å². The van der Waals surface area contributed by atoms with Gasteiger partial charge in [0, 0.05) is 52.0 Å². The number of nitrogens with one attached hydrogen (secondary N) is 3. The van der Waals surface area contributed by atoms with Crippen LogP contribution in [0.4, 0.5) is 11.4 Å². The van der Waals surface area contributed by atoms with Crippen LogP contribution in [0, 0.1) is 6.92 Å². The van der Waals surface area contributed by atoms with E-state index in [2.05, 4.69) is 76.3 Å². The van der Waals surface area contributed by atoms with Gasteiger partial charge in [-0.2, -0.15) is 0 Å². The van der Waals surface area contributed by atoms with E-state index in [0.29, 0.717) is 13.1 Å². The van der Waals surface area contributed by atoms with Gasteiger partial charge in [-0.3, -0.25) is 4.79 Å². The van der Waals surface area contributed by atoms with Gasteiger partial charge in [-0.15, -0.1) is 0 Å². The van der Waals surface area contributed by atoms with E-state index < -0.39 is 6.23 Å². The van der Waals surface area contributed by atoms with Gasteiger partial charge in [-0.1, -0.05) is 31.2 Å². The molecule has 0 saturated heterocycles. The first kappa shape index (κ1) is 26.4. The van der Waals surface area contributed by atoms with Crippen molar-refractivity contribution in [3.8, 4) is 0 Å². The Morgan fingerprint density at radius 3 is 2.53 bits per heavy atom. The lowest BCUT2D eigenvalue weighted by Gasteiger charge is -2.36. The monoisotopic (exact) mass is 495 g/mol. The van der Waals surface area contributed by atoms with Crippen LogP contribution in [-0.2, 0) is 24.4 Å². The molecule has 0 radical (unpaired) electrons. The third kappa shape index (κ3) is 5.99. The zero-order valence-corrected chi connectivity index (χ0v) is 22.0. The van der Waals surface area contributed by atoms with Crippen molar-refractivity contribution in [1.82, 2.24) is 26.1 Å². The maximum atomic E-state index is 12.9. The number of hydrogen-bond acceptors (Lipinski definition) is 8. The predicted molar refractivity (Wildman–Crippen MR) is 144 cm³/mol. The highest BCUT2D eigenvalue weighted by Crippen LogP contribution is 2.33. The summed E-state index contributed by atoms with van der Waals surface area (Å²) in [6.07, 6.45) is -0.771. The Balaban J connectivity index is 1.50. The van der Waals surface area contributed by atoms with E-state index in [1.165, 1.54) is 22.4 Å². The molecule has 1 unspecified atom stereocenters. The van der Waals surface area contributed by atoms with Gasteiger partial charge in [0.05, 0.1) is 18.8 Å². The number of nitrogens with zero attached hydrogens (tertiary/aromatic N) is 4. The highest BCUT2D eigenvalue weighted by molar-refractivity contribution is 5.82. The number of carbonyl (C=O) groups excluding carboxylic acids is 1. The third-order valence-corrected chi connectivity index (χ3v) is 7.10. The smallest absolute Gasteiger partial charge is 0.239 e. The molecule has 4 N–H and O–H groups in total. The van der Waals surface area contributed by atoms with Gasteiger partial charge in [-0.25, -0.2) is 15.4 Å². The molecular formula is C27H41N7O2. The van der Waals surface area contributed by atoms with Crippen LogP contribution in [0.25, 0.3) is 0 Å².